The Labute approximate surface area is 349 Å². The Hall–Kier alpha value is -6.22. The summed E-state index contributed by atoms with van der Waals surface area (Å²) in [7, 11) is 0. The van der Waals surface area contributed by atoms with Gasteiger partial charge in [-0.15, -0.1) is 11.3 Å². The predicted molar refractivity (Wildman–Crippen MR) is 250 cm³/mol. The van der Waals surface area contributed by atoms with Crippen molar-refractivity contribution in [1.82, 2.24) is 0 Å². The van der Waals surface area contributed by atoms with Gasteiger partial charge in [-0.05, 0) is 126 Å². The normalized spacial score (nSPS) is 12.3. The Morgan fingerprint density at radius 3 is 1.79 bits per heavy atom. The zero-order chi connectivity index (χ0) is 41.1. The molecule has 0 aliphatic heterocycles. The molecule has 1 N–H and O–H groups in total. The van der Waals surface area contributed by atoms with Crippen LogP contribution in [0.25, 0.3) is 21.5 Å². The van der Waals surface area contributed by atoms with E-state index >= 15 is 0 Å². The van der Waals surface area contributed by atoms with Crippen molar-refractivity contribution in [2.75, 3.05) is 10.2 Å². The lowest BCUT2D eigenvalue weighted by atomic mass is 9.91. The van der Waals surface area contributed by atoms with Crippen LogP contribution in [0.15, 0.2) is 145 Å². The molecule has 0 amide bonds. The highest BCUT2D eigenvalue weighted by Gasteiger charge is 2.28. The van der Waals surface area contributed by atoms with Gasteiger partial charge in [0.25, 0.3) is 0 Å². The van der Waals surface area contributed by atoms with Crippen molar-refractivity contribution in [1.29, 1.82) is 0 Å². The van der Waals surface area contributed by atoms with Crippen LogP contribution in [-0.4, -0.2) is 22.4 Å². The molecule has 0 radical (unpaired) electrons. The third-order valence-corrected chi connectivity index (χ3v) is 12.1. The van der Waals surface area contributed by atoms with E-state index in [1.54, 1.807) is 11.3 Å². The largest absolute Gasteiger partial charge is 0.356 e. The van der Waals surface area contributed by atoms with Gasteiger partial charge in [0.05, 0.1) is 11.6 Å². The molecule has 1 aromatic heterocycles. The molecule has 0 saturated carbocycles. The van der Waals surface area contributed by atoms with Crippen molar-refractivity contribution < 1.29 is 4.58 Å². The molecule has 1 heterocycles. The Balaban J connectivity index is 1.47. The molecular formula is C53H53N4S+. The molecule has 1 aliphatic carbocycles. The molecule has 5 aromatic carbocycles. The maximum absolute atomic E-state index is 8.59. The van der Waals surface area contributed by atoms with E-state index in [1.807, 2.05) is 18.2 Å². The quantitative estimate of drug-likeness (QED) is 0.111. The summed E-state index contributed by atoms with van der Waals surface area (Å²) < 4.78 is 2.44. The van der Waals surface area contributed by atoms with Gasteiger partial charge < -0.3 is 10.2 Å². The van der Waals surface area contributed by atoms with Crippen LogP contribution >= 0.6 is 11.3 Å². The van der Waals surface area contributed by atoms with Gasteiger partial charge in [0.15, 0.2) is 6.04 Å². The number of hydrogen-bond donors (Lipinski definition) is 1. The second-order valence-corrected chi connectivity index (χ2v) is 16.8. The van der Waals surface area contributed by atoms with Gasteiger partial charge >= 0.3 is 0 Å². The van der Waals surface area contributed by atoms with Gasteiger partial charge in [0.2, 0.25) is 17.1 Å². The smallest absolute Gasteiger partial charge is 0.229 e. The van der Waals surface area contributed by atoms with Crippen LogP contribution in [-0.2, 0) is 0 Å². The number of aryl methyl sites for hydroxylation is 5. The van der Waals surface area contributed by atoms with Crippen molar-refractivity contribution in [3.8, 4) is 11.1 Å². The third kappa shape index (κ3) is 7.86. The molecule has 6 aromatic rings. The van der Waals surface area contributed by atoms with Gasteiger partial charge in [-0.1, -0.05) is 97.1 Å². The first-order chi connectivity index (χ1) is 28.0. The number of nitrogens with zero attached hydrogens (tertiary/aromatic N) is 3. The average molecular weight is 778 g/mol. The second kappa shape index (κ2) is 17.1. The average Bonchev–Trinajstić information content (AvgIpc) is 3.57. The predicted octanol–water partition coefficient (Wildman–Crippen LogP) is 14.9. The Bertz CT molecular complexity index is 2590. The number of nitrogens with one attached hydrogen (secondary N) is 1. The minimum atomic E-state index is 0.251. The van der Waals surface area contributed by atoms with Gasteiger partial charge in [0.1, 0.15) is 0 Å². The highest BCUT2D eigenvalue weighted by molar-refractivity contribution is 7.18. The fraction of sp³-hybridized carbons (Fsp3) is 0.208. The number of rotatable bonds is 10. The molecule has 7 rings (SSSR count). The lowest BCUT2D eigenvalue weighted by Gasteiger charge is -2.32. The van der Waals surface area contributed by atoms with Gasteiger partial charge in [-0.3, -0.25) is 0 Å². The summed E-state index contributed by atoms with van der Waals surface area (Å²) in [5.74, 6) is 0. The maximum atomic E-state index is 8.59. The monoisotopic (exact) mass is 777 g/mol. The van der Waals surface area contributed by atoms with Crippen molar-refractivity contribution in [2.24, 2.45) is 0 Å². The molecule has 290 valence electrons. The van der Waals surface area contributed by atoms with E-state index in [0.29, 0.717) is 5.69 Å². The van der Waals surface area contributed by atoms with Crippen molar-refractivity contribution in [3.05, 3.63) is 195 Å². The number of anilines is 4. The van der Waals surface area contributed by atoms with Crippen LogP contribution in [0.5, 0.6) is 0 Å². The van der Waals surface area contributed by atoms with Gasteiger partial charge in [-0.2, -0.15) is 4.58 Å². The molecule has 0 unspecified atom stereocenters. The zero-order valence-electron chi connectivity index (χ0n) is 35.2. The lowest BCUT2D eigenvalue weighted by molar-refractivity contribution is -0.475. The molecule has 0 fully saturated rings. The van der Waals surface area contributed by atoms with Gasteiger partial charge in [-0.25, -0.2) is 4.85 Å². The topological polar surface area (TPSA) is 22.6 Å². The fourth-order valence-corrected chi connectivity index (χ4v) is 9.51. The summed E-state index contributed by atoms with van der Waals surface area (Å²) in [5.41, 5.74) is 17.8. The first-order valence-corrected chi connectivity index (χ1v) is 21.0. The van der Waals surface area contributed by atoms with E-state index in [9.17, 15) is 0 Å². The number of allylic oxidation sites excluding steroid dienone is 5. The fourth-order valence-electron chi connectivity index (χ4n) is 8.25. The molecule has 1 aliphatic rings. The summed E-state index contributed by atoms with van der Waals surface area (Å²) in [5, 5.41) is 4.53. The summed E-state index contributed by atoms with van der Waals surface area (Å²) >= 11 is 1.66. The van der Waals surface area contributed by atoms with Crippen LogP contribution in [0.2, 0.25) is 0 Å². The Morgan fingerprint density at radius 2 is 1.22 bits per heavy atom. The van der Waals surface area contributed by atoms with Crippen LogP contribution in [0.4, 0.5) is 33.4 Å². The van der Waals surface area contributed by atoms with E-state index in [1.165, 1.54) is 33.6 Å². The highest BCUT2D eigenvalue weighted by atomic mass is 32.1. The Morgan fingerprint density at radius 1 is 0.655 bits per heavy atom. The zero-order valence-corrected chi connectivity index (χ0v) is 36.0. The van der Waals surface area contributed by atoms with Crippen molar-refractivity contribution in [2.45, 2.75) is 74.4 Å². The van der Waals surface area contributed by atoms with E-state index < -0.39 is 0 Å². The summed E-state index contributed by atoms with van der Waals surface area (Å²) in [6.07, 6.45) is 9.04. The summed E-state index contributed by atoms with van der Waals surface area (Å²) in [4.78, 5) is 7.75. The standard InChI is InChI=1S/C53H52N4S/c1-34(2)56(50-37(6)19-16-20-38(50)7)44-30-26-42(27-31-44)47(43-28-32-45(33-29-43)57(35(3)4)51-39(8)21-17-22-40(51)9)52-48(41-23-12-11-13-24-41)49(54-10)53(58-52)55-46-25-15-14-18-36(46)5/h11-35H,1-9H3/p+1. The third-order valence-electron chi connectivity index (χ3n) is 10.9. The molecule has 0 spiro atoms. The molecular weight excluding hydrogens is 725 g/mol. The highest BCUT2D eigenvalue weighted by Crippen LogP contribution is 2.52. The first-order valence-electron chi connectivity index (χ1n) is 20.2. The van der Waals surface area contributed by atoms with Crippen LogP contribution < -0.4 is 10.2 Å². The van der Waals surface area contributed by atoms with E-state index in [0.717, 1.165) is 60.4 Å². The van der Waals surface area contributed by atoms with Crippen LogP contribution in [0.3, 0.4) is 0 Å². The molecule has 0 atom stereocenters. The summed E-state index contributed by atoms with van der Waals surface area (Å²) in [6, 6.07) is 41.3. The van der Waals surface area contributed by atoms with E-state index in [2.05, 4.69) is 203 Å². The minimum absolute atomic E-state index is 0.251. The number of para-hydroxylation sites is 3. The number of hydrogen-bond acceptors (Lipinski definition) is 3. The Kier molecular flexibility index (Phi) is 11.8. The molecule has 0 bridgehead atoms. The minimum Gasteiger partial charge on any atom is -0.356 e. The molecule has 5 heteroatoms. The SMILES string of the molecule is [C-]#[N+]c1c(Nc2ccccc2C)sc(C(=C2C=CC(=[N+](c3c(C)cccc3C)C(C)C)C=C2)c2ccc(N(c3c(C)cccc3C)C(C)C)cc2)c1-c1ccccc1. The maximum Gasteiger partial charge on any atom is 0.229 e. The van der Waals surface area contributed by atoms with Crippen LogP contribution in [0.1, 0.15) is 66.0 Å². The van der Waals surface area contributed by atoms with Gasteiger partial charge in [0, 0.05) is 62.4 Å². The molecule has 0 saturated heterocycles. The lowest BCUT2D eigenvalue weighted by Crippen LogP contribution is -2.26. The number of benzene rings is 5. The van der Waals surface area contributed by atoms with Crippen molar-refractivity contribution >= 4 is 56.1 Å². The first kappa shape index (κ1) is 40.0. The van der Waals surface area contributed by atoms with E-state index in [4.69, 9.17) is 6.57 Å². The van der Waals surface area contributed by atoms with Crippen LogP contribution in [0, 0.1) is 41.2 Å². The van der Waals surface area contributed by atoms with E-state index in [-0.39, 0.29) is 12.1 Å². The van der Waals surface area contributed by atoms with Crippen molar-refractivity contribution in [3.63, 3.8) is 0 Å². The number of thiophene rings is 1. The molecule has 4 nitrogen and oxygen atoms in total. The second-order valence-electron chi connectivity index (χ2n) is 15.8. The summed E-state index contributed by atoms with van der Waals surface area (Å²) in [6.45, 7) is 28.5. The molecule has 58 heavy (non-hydrogen) atoms.